The average Bonchev–Trinajstić information content (AvgIpc) is 1.41. The summed E-state index contributed by atoms with van der Waals surface area (Å²) in [7, 11) is 0. The van der Waals surface area contributed by atoms with Crippen LogP contribution in [0.25, 0.3) is 0 Å². The predicted octanol–water partition coefficient (Wildman–Crippen LogP) is 1.39. The Balaban J connectivity index is 3.26. The molecule has 1 nitrogen and oxygen atoms in total. The van der Waals surface area contributed by atoms with Gasteiger partial charge in [0.05, 0.1) is 0 Å². The lowest BCUT2D eigenvalue weighted by atomic mass is 10.8. The van der Waals surface area contributed by atoms with E-state index in [9.17, 15) is 0 Å². The molecule has 0 radical (unpaired) electrons. The molecule has 0 fully saturated rings. The summed E-state index contributed by atoms with van der Waals surface area (Å²) in [6.07, 6.45) is 1.63. The molecule has 0 unspecified atom stereocenters. The number of halogens is 1. The van der Waals surface area contributed by atoms with Crippen molar-refractivity contribution in [2.45, 2.75) is 6.92 Å². The second-order valence-electron chi connectivity index (χ2n) is 0.502. The number of hydrogen-bond donors (Lipinski definition) is 0. The molecule has 0 rings (SSSR count). The van der Waals surface area contributed by atoms with Crippen LogP contribution >= 0.6 is 11.8 Å². The summed E-state index contributed by atoms with van der Waals surface area (Å²) in [5, 5.41) is 0. The quantitative estimate of drug-likeness (QED) is 0.398. The van der Waals surface area contributed by atoms with Gasteiger partial charge in [0.2, 0.25) is 0 Å². The first-order chi connectivity index (χ1) is 2.41. The number of rotatable bonds is 0. The molecular formula is C3H4ClN. The fraction of sp³-hybridized carbons (Fsp3) is 0.333. The lowest BCUT2D eigenvalue weighted by Crippen LogP contribution is -1.35. The van der Waals surface area contributed by atoms with E-state index in [-0.39, 0.29) is 0 Å². The number of nitrogens with zero attached hydrogens (tertiary/aromatic N) is 1. The van der Waals surface area contributed by atoms with Gasteiger partial charge in [-0.25, -0.2) is 0 Å². The van der Waals surface area contributed by atoms with Crippen LogP contribution in [0.2, 0.25) is 0 Å². The van der Waals surface area contributed by atoms with Gasteiger partial charge in [-0.1, -0.05) is 0 Å². The van der Waals surface area contributed by atoms with Crippen LogP contribution in [0.5, 0.6) is 0 Å². The molecule has 0 aromatic rings. The normalized spacial score (nSPS) is 5.20. The molecule has 28 valence electrons. The van der Waals surface area contributed by atoms with Crippen LogP contribution in [-0.4, -0.2) is 5.87 Å². The highest BCUT2D eigenvalue weighted by Gasteiger charge is 1.38. The van der Waals surface area contributed by atoms with Crippen molar-refractivity contribution in [2.75, 3.05) is 0 Å². The summed E-state index contributed by atoms with van der Waals surface area (Å²) < 4.78 is 3.02. The molecular weight excluding hydrogens is 85.5 g/mol. The molecule has 0 amide bonds. The summed E-state index contributed by atoms with van der Waals surface area (Å²) >= 11 is 4.78. The maximum atomic E-state index is 4.78. The van der Waals surface area contributed by atoms with Crippen LogP contribution in [0.3, 0.4) is 0 Å². The highest BCUT2D eigenvalue weighted by molar-refractivity contribution is 6.17. The average molecular weight is 89.5 g/mol. The Bertz CT molecular complexity index is 55.3. The van der Waals surface area contributed by atoms with E-state index in [1.165, 1.54) is 0 Å². The van der Waals surface area contributed by atoms with Crippen molar-refractivity contribution in [3.63, 3.8) is 0 Å². The lowest BCUT2D eigenvalue weighted by Gasteiger charge is -1.45. The molecule has 0 aliphatic carbocycles. The third-order valence-corrected chi connectivity index (χ3v) is 0.275. The van der Waals surface area contributed by atoms with Gasteiger partial charge in [-0.05, 0) is 18.9 Å². The summed E-state index contributed by atoms with van der Waals surface area (Å²) in [6.45, 7) is 1.80. The topological polar surface area (TPSA) is 12.4 Å². The van der Waals surface area contributed by atoms with E-state index < -0.39 is 0 Å². The molecule has 5 heavy (non-hydrogen) atoms. The first-order valence-corrected chi connectivity index (χ1v) is 1.60. The van der Waals surface area contributed by atoms with E-state index in [4.69, 9.17) is 11.8 Å². The first kappa shape index (κ1) is 4.74. The zero-order chi connectivity index (χ0) is 4.12. The predicted molar refractivity (Wildman–Crippen MR) is 23.5 cm³/mol. The van der Waals surface area contributed by atoms with Crippen molar-refractivity contribution in [2.24, 2.45) is 4.51 Å². The van der Waals surface area contributed by atoms with Gasteiger partial charge < -0.3 is 0 Å². The van der Waals surface area contributed by atoms with Gasteiger partial charge in [0.1, 0.15) is 0 Å². The zero-order valence-electron chi connectivity index (χ0n) is 2.90. The van der Waals surface area contributed by atoms with E-state index in [1.54, 1.807) is 13.0 Å². The Hall–Kier alpha value is -0.260. The van der Waals surface area contributed by atoms with E-state index in [0.29, 0.717) is 0 Å². The van der Waals surface area contributed by atoms with Crippen molar-refractivity contribution in [1.82, 2.24) is 0 Å². The monoisotopic (exact) mass is 89.0 g/mol. The van der Waals surface area contributed by atoms with Gasteiger partial charge in [-0.15, -0.1) is 4.51 Å². The van der Waals surface area contributed by atoms with E-state index >= 15 is 0 Å². The number of hydrogen-bond acceptors (Lipinski definition) is 1. The van der Waals surface area contributed by atoms with Crippen molar-refractivity contribution in [3.8, 4) is 0 Å². The molecule has 0 aliphatic rings. The molecule has 0 saturated carbocycles. The van der Waals surface area contributed by atoms with Crippen LogP contribution in [0, 0.1) is 0 Å². The van der Waals surface area contributed by atoms with E-state index in [0.717, 1.165) is 0 Å². The maximum absolute atomic E-state index is 4.78. The van der Waals surface area contributed by atoms with Gasteiger partial charge in [0, 0.05) is 11.8 Å². The third kappa shape index (κ3) is 3.74. The summed E-state index contributed by atoms with van der Waals surface area (Å²) in [6, 6.07) is 0. The summed E-state index contributed by atoms with van der Waals surface area (Å²) in [4.78, 5) is 0. The Morgan fingerprint density at radius 3 is 2.60 bits per heavy atom. The Kier molecular flexibility index (Phi) is 3.55. The van der Waals surface area contributed by atoms with Crippen LogP contribution in [0.4, 0.5) is 0 Å². The largest absolute Gasteiger partial charge is 0.134 e. The van der Waals surface area contributed by atoms with Gasteiger partial charge in [-0.2, -0.15) is 0 Å². The molecule has 0 bridgehead atoms. The summed E-state index contributed by atoms with van der Waals surface area (Å²) in [5.74, 6) is 2.38. The maximum Gasteiger partial charge on any atom is 0.0465 e. The summed E-state index contributed by atoms with van der Waals surface area (Å²) in [5.41, 5.74) is 0. The fourth-order valence-corrected chi connectivity index (χ4v) is 0.146. The van der Waals surface area contributed by atoms with E-state index in [1.807, 2.05) is 0 Å². The second kappa shape index (κ2) is 3.74. The van der Waals surface area contributed by atoms with Crippen molar-refractivity contribution >= 4 is 17.6 Å². The Morgan fingerprint density at radius 1 is 2.00 bits per heavy atom. The van der Waals surface area contributed by atoms with Gasteiger partial charge in [-0.3, -0.25) is 0 Å². The molecule has 0 heterocycles. The minimum absolute atomic E-state index is 1.63. The van der Waals surface area contributed by atoms with Crippen LogP contribution in [0.1, 0.15) is 6.92 Å². The highest BCUT2D eigenvalue weighted by Crippen LogP contribution is 1.63. The molecule has 0 N–H and O–H groups in total. The second-order valence-corrected chi connectivity index (χ2v) is 0.671. The molecule has 0 spiro atoms. The Morgan fingerprint density at radius 2 is 2.60 bits per heavy atom. The minimum atomic E-state index is 1.63. The molecule has 0 saturated heterocycles. The lowest BCUT2D eigenvalue weighted by molar-refractivity contribution is 1.81. The fourth-order valence-electron chi connectivity index (χ4n) is 0.0488. The molecule has 2 heteroatoms. The minimum Gasteiger partial charge on any atom is -0.134 e. The first-order valence-electron chi connectivity index (χ1n) is 1.26. The van der Waals surface area contributed by atoms with Gasteiger partial charge in [0.25, 0.3) is 0 Å². The van der Waals surface area contributed by atoms with Gasteiger partial charge >= 0.3 is 0 Å². The molecule has 0 atom stereocenters. The highest BCUT2D eigenvalue weighted by atomic mass is 35.5. The standard InChI is InChI=1S/C3H4ClN/c1-2-3-5-4/h2H,1H3. The molecule has 0 aromatic heterocycles. The van der Waals surface area contributed by atoms with E-state index in [2.05, 4.69) is 10.4 Å². The number of allylic oxidation sites excluding steroid dienone is 1. The smallest absolute Gasteiger partial charge is 0.0465 e. The Labute approximate surface area is 36.1 Å². The van der Waals surface area contributed by atoms with Crippen molar-refractivity contribution < 1.29 is 0 Å². The molecule has 0 aromatic carbocycles. The van der Waals surface area contributed by atoms with Crippen molar-refractivity contribution in [3.05, 3.63) is 6.08 Å². The van der Waals surface area contributed by atoms with Crippen LogP contribution < -0.4 is 0 Å². The molecule has 0 aliphatic heterocycles. The van der Waals surface area contributed by atoms with Crippen LogP contribution in [-0.2, 0) is 0 Å². The zero-order valence-corrected chi connectivity index (χ0v) is 3.66. The SMILES string of the molecule is CC=C=NCl. The third-order valence-electron chi connectivity index (χ3n) is 0.178. The van der Waals surface area contributed by atoms with Gasteiger partial charge in [0.15, 0.2) is 0 Å². The van der Waals surface area contributed by atoms with Crippen molar-refractivity contribution in [1.29, 1.82) is 0 Å². The van der Waals surface area contributed by atoms with Crippen LogP contribution in [0.15, 0.2) is 10.6 Å².